The highest BCUT2D eigenvalue weighted by molar-refractivity contribution is 5.78. The van der Waals surface area contributed by atoms with Crippen LogP contribution < -0.4 is 0 Å². The van der Waals surface area contributed by atoms with Gasteiger partial charge in [0.1, 0.15) is 0 Å². The predicted molar refractivity (Wildman–Crippen MR) is 75.5 cm³/mol. The van der Waals surface area contributed by atoms with Crippen LogP contribution in [-0.2, 0) is 6.42 Å². The number of para-hydroxylation sites is 1. The molecule has 18 heavy (non-hydrogen) atoms. The quantitative estimate of drug-likeness (QED) is 0.892. The molecule has 2 unspecified atom stereocenters. The number of aliphatic hydroxyl groups excluding tert-OH is 1. The van der Waals surface area contributed by atoms with E-state index >= 15 is 0 Å². The van der Waals surface area contributed by atoms with E-state index in [9.17, 15) is 5.11 Å². The van der Waals surface area contributed by atoms with Gasteiger partial charge in [-0.2, -0.15) is 0 Å². The largest absolute Gasteiger partial charge is 0.393 e. The molecule has 0 radical (unpaired) electrons. The first-order valence-electron chi connectivity index (χ1n) is 6.60. The molecule has 2 nitrogen and oxygen atoms in total. The van der Waals surface area contributed by atoms with Gasteiger partial charge < -0.3 is 5.11 Å². The van der Waals surface area contributed by atoms with Crippen LogP contribution in [0.5, 0.6) is 0 Å². The second-order valence-corrected chi connectivity index (χ2v) is 5.35. The predicted octanol–water partition coefficient (Wildman–Crippen LogP) is 3.43. The zero-order chi connectivity index (χ0) is 13.1. The number of pyridine rings is 1. The molecule has 2 heteroatoms. The molecule has 0 saturated heterocycles. The summed E-state index contributed by atoms with van der Waals surface area (Å²) >= 11 is 0. The Bertz CT molecular complexity index is 511. The van der Waals surface area contributed by atoms with E-state index in [1.165, 1.54) is 5.39 Å². The van der Waals surface area contributed by atoms with E-state index in [1.54, 1.807) is 0 Å². The fraction of sp³-hybridized carbons (Fsp3) is 0.438. The highest BCUT2D eigenvalue weighted by atomic mass is 16.3. The highest BCUT2D eigenvalue weighted by Crippen LogP contribution is 2.21. The van der Waals surface area contributed by atoms with E-state index in [0.717, 1.165) is 17.6 Å². The van der Waals surface area contributed by atoms with Crippen molar-refractivity contribution in [3.05, 3.63) is 42.1 Å². The van der Waals surface area contributed by atoms with Crippen LogP contribution in [0.1, 0.15) is 26.5 Å². The van der Waals surface area contributed by atoms with E-state index in [1.807, 2.05) is 25.1 Å². The molecule has 1 aromatic carbocycles. The molecule has 2 aromatic rings. The first kappa shape index (κ1) is 13.0. The van der Waals surface area contributed by atoms with E-state index in [4.69, 9.17) is 0 Å². The van der Waals surface area contributed by atoms with Crippen LogP contribution >= 0.6 is 0 Å². The van der Waals surface area contributed by atoms with Gasteiger partial charge in [-0.25, -0.2) is 0 Å². The molecule has 2 rings (SSSR count). The minimum Gasteiger partial charge on any atom is -0.393 e. The lowest BCUT2D eigenvalue weighted by molar-refractivity contribution is 0.0971. The van der Waals surface area contributed by atoms with Crippen LogP contribution in [0.3, 0.4) is 0 Å². The summed E-state index contributed by atoms with van der Waals surface area (Å²) in [5, 5.41) is 11.0. The number of hydrogen-bond acceptors (Lipinski definition) is 2. The maximum absolute atomic E-state index is 9.83. The fourth-order valence-electron chi connectivity index (χ4n) is 2.43. The van der Waals surface area contributed by atoms with Crippen molar-refractivity contribution in [1.29, 1.82) is 0 Å². The maximum atomic E-state index is 9.83. The zero-order valence-electron chi connectivity index (χ0n) is 11.3. The van der Waals surface area contributed by atoms with Gasteiger partial charge >= 0.3 is 0 Å². The van der Waals surface area contributed by atoms with Gasteiger partial charge in [-0.3, -0.25) is 4.98 Å². The van der Waals surface area contributed by atoms with Gasteiger partial charge in [0.25, 0.3) is 0 Å². The van der Waals surface area contributed by atoms with Gasteiger partial charge in [0.05, 0.1) is 11.6 Å². The molecule has 0 aliphatic rings. The number of aromatic nitrogens is 1. The summed E-state index contributed by atoms with van der Waals surface area (Å²) in [5.74, 6) is 0.719. The number of rotatable bonds is 4. The summed E-state index contributed by atoms with van der Waals surface area (Å²) in [5.41, 5.74) is 2.09. The van der Waals surface area contributed by atoms with E-state index in [2.05, 4.69) is 37.0 Å². The molecule has 0 aliphatic carbocycles. The normalized spacial score (nSPS) is 14.9. The number of aliphatic hydroxyl groups is 1. The number of nitrogens with zero attached hydrogens (tertiary/aromatic N) is 1. The zero-order valence-corrected chi connectivity index (χ0v) is 11.3. The fourth-order valence-corrected chi connectivity index (χ4v) is 2.43. The summed E-state index contributed by atoms with van der Waals surface area (Å²) in [6.45, 7) is 6.17. The van der Waals surface area contributed by atoms with Crippen molar-refractivity contribution in [1.82, 2.24) is 4.98 Å². The molecule has 0 aliphatic heterocycles. The average Bonchev–Trinajstić information content (AvgIpc) is 2.35. The van der Waals surface area contributed by atoms with Crippen LogP contribution in [0.2, 0.25) is 0 Å². The minimum atomic E-state index is -0.293. The summed E-state index contributed by atoms with van der Waals surface area (Å²) in [4.78, 5) is 4.67. The van der Waals surface area contributed by atoms with Crippen molar-refractivity contribution >= 4 is 10.9 Å². The molecule has 1 heterocycles. The second kappa shape index (κ2) is 5.49. The second-order valence-electron chi connectivity index (χ2n) is 5.35. The van der Waals surface area contributed by atoms with Crippen molar-refractivity contribution in [3.63, 3.8) is 0 Å². The Hall–Kier alpha value is -1.41. The highest BCUT2D eigenvalue weighted by Gasteiger charge is 2.19. The molecule has 96 valence electrons. The van der Waals surface area contributed by atoms with Gasteiger partial charge in [-0.1, -0.05) is 38.1 Å². The number of hydrogen-bond donors (Lipinski definition) is 1. The summed E-state index contributed by atoms with van der Waals surface area (Å²) in [6, 6.07) is 12.3. The minimum absolute atomic E-state index is 0.263. The Morgan fingerprint density at radius 2 is 1.78 bits per heavy atom. The number of fused-ring (bicyclic) bond motifs is 1. The van der Waals surface area contributed by atoms with Crippen LogP contribution in [0.4, 0.5) is 0 Å². The van der Waals surface area contributed by atoms with Crippen molar-refractivity contribution in [2.75, 3.05) is 0 Å². The Kier molecular flexibility index (Phi) is 3.97. The van der Waals surface area contributed by atoms with E-state index in [0.29, 0.717) is 5.92 Å². The van der Waals surface area contributed by atoms with Crippen molar-refractivity contribution in [2.24, 2.45) is 11.8 Å². The Labute approximate surface area is 109 Å². The lowest BCUT2D eigenvalue weighted by Crippen LogP contribution is -2.24. The van der Waals surface area contributed by atoms with Crippen molar-refractivity contribution in [2.45, 2.75) is 33.3 Å². The molecule has 2 atom stereocenters. The van der Waals surface area contributed by atoms with E-state index in [-0.39, 0.29) is 12.0 Å². The average molecular weight is 243 g/mol. The first-order valence-corrected chi connectivity index (χ1v) is 6.60. The monoisotopic (exact) mass is 243 g/mol. The van der Waals surface area contributed by atoms with Crippen molar-refractivity contribution < 1.29 is 5.11 Å². The van der Waals surface area contributed by atoms with Crippen LogP contribution in [0, 0.1) is 11.8 Å². The van der Waals surface area contributed by atoms with Crippen LogP contribution in [-0.4, -0.2) is 16.2 Å². The lowest BCUT2D eigenvalue weighted by atomic mass is 9.87. The lowest BCUT2D eigenvalue weighted by Gasteiger charge is -2.23. The molecule has 0 bridgehead atoms. The van der Waals surface area contributed by atoms with Gasteiger partial charge in [-0.05, 0) is 37.3 Å². The SMILES string of the molecule is CC(C)C(Cc1ccc2ccccc2n1)C(C)O. The van der Waals surface area contributed by atoms with Gasteiger partial charge in [0.15, 0.2) is 0 Å². The Morgan fingerprint density at radius 3 is 2.44 bits per heavy atom. The molecule has 1 aromatic heterocycles. The summed E-state index contributed by atoms with van der Waals surface area (Å²) in [7, 11) is 0. The third-order valence-corrected chi connectivity index (χ3v) is 3.58. The third-order valence-electron chi connectivity index (χ3n) is 3.58. The first-order chi connectivity index (χ1) is 8.58. The smallest absolute Gasteiger partial charge is 0.0705 e. The molecule has 0 fully saturated rings. The van der Waals surface area contributed by atoms with Crippen molar-refractivity contribution in [3.8, 4) is 0 Å². The Morgan fingerprint density at radius 1 is 1.06 bits per heavy atom. The van der Waals surface area contributed by atoms with Gasteiger partial charge in [-0.15, -0.1) is 0 Å². The van der Waals surface area contributed by atoms with E-state index < -0.39 is 0 Å². The topological polar surface area (TPSA) is 33.1 Å². The molecular formula is C16H21NO. The van der Waals surface area contributed by atoms with Gasteiger partial charge in [0, 0.05) is 11.1 Å². The molecular weight excluding hydrogens is 222 g/mol. The Balaban J connectivity index is 2.25. The third kappa shape index (κ3) is 2.88. The summed E-state index contributed by atoms with van der Waals surface area (Å²) < 4.78 is 0. The number of benzene rings is 1. The standard InChI is InChI=1S/C16H21NO/c1-11(2)15(12(3)18)10-14-9-8-13-6-4-5-7-16(13)17-14/h4-9,11-12,15,18H,10H2,1-3H3. The van der Waals surface area contributed by atoms with Crippen LogP contribution in [0.15, 0.2) is 36.4 Å². The molecule has 1 N–H and O–H groups in total. The molecule has 0 spiro atoms. The molecule has 0 saturated carbocycles. The van der Waals surface area contributed by atoms with Crippen LogP contribution in [0.25, 0.3) is 10.9 Å². The van der Waals surface area contributed by atoms with Gasteiger partial charge in [0.2, 0.25) is 0 Å². The maximum Gasteiger partial charge on any atom is 0.0705 e. The molecule has 0 amide bonds. The summed E-state index contributed by atoms with van der Waals surface area (Å²) in [6.07, 6.45) is 0.540.